The van der Waals surface area contributed by atoms with Crippen molar-refractivity contribution in [2.24, 2.45) is 0 Å². The molecule has 0 unspecified atom stereocenters. The van der Waals surface area contributed by atoms with Gasteiger partial charge in [-0.15, -0.1) is 0 Å². The number of piperazine rings is 1. The molecule has 2 rings (SSSR count). The first-order valence-corrected chi connectivity index (χ1v) is 7.59. The molecule has 0 radical (unpaired) electrons. The van der Waals surface area contributed by atoms with Crippen molar-refractivity contribution in [2.75, 3.05) is 32.7 Å². The second-order valence-corrected chi connectivity index (χ2v) is 5.66. The number of hydrogen-bond donors (Lipinski definition) is 1. The van der Waals surface area contributed by atoms with Gasteiger partial charge in [0.25, 0.3) is 0 Å². The van der Waals surface area contributed by atoms with Gasteiger partial charge >= 0.3 is 5.97 Å². The fraction of sp³-hybridized carbons (Fsp3) is 0.800. The molecule has 2 fully saturated rings. The molecule has 1 saturated carbocycles. The van der Waals surface area contributed by atoms with Crippen molar-refractivity contribution in [1.29, 1.82) is 0 Å². The Kier molecular flexibility index (Phi) is 5.40. The lowest BCUT2D eigenvalue weighted by atomic mass is 10.1. The third-order valence-electron chi connectivity index (χ3n) is 4.50. The lowest BCUT2D eigenvalue weighted by molar-refractivity contribution is -0.132. The zero-order valence-corrected chi connectivity index (χ0v) is 12.0. The van der Waals surface area contributed by atoms with E-state index in [1.807, 2.05) is 13.0 Å². The number of rotatable bonds is 5. The zero-order chi connectivity index (χ0) is 13.7. The Hall–Kier alpha value is -0.870. The molecule has 1 saturated heterocycles. The molecule has 1 N–H and O–H groups in total. The highest BCUT2D eigenvalue weighted by molar-refractivity contribution is 5.86. The van der Waals surface area contributed by atoms with Crippen LogP contribution in [-0.2, 0) is 4.79 Å². The molecule has 1 aliphatic heterocycles. The van der Waals surface area contributed by atoms with Crippen LogP contribution in [-0.4, -0.2) is 59.6 Å². The van der Waals surface area contributed by atoms with Gasteiger partial charge in [0.05, 0.1) is 0 Å². The Morgan fingerprint density at radius 2 is 1.84 bits per heavy atom. The highest BCUT2D eigenvalue weighted by Gasteiger charge is 2.25. The summed E-state index contributed by atoms with van der Waals surface area (Å²) in [6.07, 6.45) is 8.03. The minimum absolute atomic E-state index is 0.540. The Balaban J connectivity index is 1.75. The third kappa shape index (κ3) is 4.05. The van der Waals surface area contributed by atoms with E-state index in [0.29, 0.717) is 12.0 Å². The van der Waals surface area contributed by atoms with E-state index in [9.17, 15) is 4.79 Å². The Morgan fingerprint density at radius 3 is 2.37 bits per heavy atom. The topological polar surface area (TPSA) is 43.8 Å². The van der Waals surface area contributed by atoms with Crippen molar-refractivity contribution in [3.8, 4) is 0 Å². The number of aliphatic carboxylic acids is 1. The lowest BCUT2D eigenvalue weighted by Gasteiger charge is -2.37. The largest absolute Gasteiger partial charge is 0.478 e. The summed E-state index contributed by atoms with van der Waals surface area (Å²) in [4.78, 5) is 15.9. The number of carboxylic acid groups (broad SMARTS) is 1. The van der Waals surface area contributed by atoms with E-state index in [4.69, 9.17) is 5.11 Å². The van der Waals surface area contributed by atoms with Crippen LogP contribution < -0.4 is 0 Å². The summed E-state index contributed by atoms with van der Waals surface area (Å²) in [7, 11) is 0. The van der Waals surface area contributed by atoms with Crippen LogP contribution in [0.15, 0.2) is 11.6 Å². The van der Waals surface area contributed by atoms with Crippen molar-refractivity contribution >= 4 is 5.97 Å². The van der Waals surface area contributed by atoms with Crippen LogP contribution in [0.4, 0.5) is 0 Å². The average Bonchev–Trinajstić information content (AvgIpc) is 2.94. The third-order valence-corrected chi connectivity index (χ3v) is 4.50. The maximum atomic E-state index is 10.9. The van der Waals surface area contributed by atoms with Gasteiger partial charge in [-0.25, -0.2) is 4.79 Å². The number of carboxylic acids is 1. The molecular formula is C15H26N2O2. The van der Waals surface area contributed by atoms with E-state index < -0.39 is 5.97 Å². The normalized spacial score (nSPS) is 23.9. The van der Waals surface area contributed by atoms with Crippen LogP contribution in [0.3, 0.4) is 0 Å². The zero-order valence-electron chi connectivity index (χ0n) is 12.0. The predicted molar refractivity (Wildman–Crippen MR) is 76.3 cm³/mol. The van der Waals surface area contributed by atoms with Crippen molar-refractivity contribution < 1.29 is 9.90 Å². The van der Waals surface area contributed by atoms with Gasteiger partial charge in [0.1, 0.15) is 0 Å². The summed E-state index contributed by atoms with van der Waals surface area (Å²) in [5, 5.41) is 8.99. The first-order valence-electron chi connectivity index (χ1n) is 7.59. The van der Waals surface area contributed by atoms with E-state index >= 15 is 0 Å². The molecule has 1 heterocycles. The molecule has 4 heteroatoms. The second-order valence-electron chi connectivity index (χ2n) is 5.66. The fourth-order valence-electron chi connectivity index (χ4n) is 3.20. The molecule has 4 nitrogen and oxygen atoms in total. The molecule has 0 spiro atoms. The van der Waals surface area contributed by atoms with Crippen molar-refractivity contribution in [3.05, 3.63) is 11.6 Å². The molecular weight excluding hydrogens is 240 g/mol. The number of carbonyl (C=O) groups is 1. The molecule has 0 amide bonds. The maximum absolute atomic E-state index is 10.9. The van der Waals surface area contributed by atoms with Crippen LogP contribution >= 0.6 is 0 Å². The van der Waals surface area contributed by atoms with Gasteiger partial charge in [-0.3, -0.25) is 9.80 Å². The monoisotopic (exact) mass is 266 g/mol. The lowest BCUT2D eigenvalue weighted by Crippen LogP contribution is -2.49. The summed E-state index contributed by atoms with van der Waals surface area (Å²) in [5.41, 5.74) is 0.540. The molecule has 0 aromatic heterocycles. The number of nitrogens with zero attached hydrogens (tertiary/aromatic N) is 2. The standard InChI is InChI=1S/C15H26N2O2/c1-2-13(15(18)19)7-8-16-9-11-17(12-10-16)14-5-3-4-6-14/h7,14H,2-6,8-12H2,1H3,(H,18,19). The molecule has 2 aliphatic rings. The summed E-state index contributed by atoms with van der Waals surface area (Å²) >= 11 is 0. The molecule has 0 atom stereocenters. The summed E-state index contributed by atoms with van der Waals surface area (Å²) in [6.45, 7) is 7.12. The smallest absolute Gasteiger partial charge is 0.331 e. The van der Waals surface area contributed by atoms with Crippen molar-refractivity contribution in [3.63, 3.8) is 0 Å². The SMILES string of the molecule is CCC(=CCN1CCN(C2CCCC2)CC1)C(=O)O. The van der Waals surface area contributed by atoms with Crippen LogP contribution in [0.1, 0.15) is 39.0 Å². The Bertz CT molecular complexity index is 327. The van der Waals surface area contributed by atoms with E-state index in [-0.39, 0.29) is 0 Å². The van der Waals surface area contributed by atoms with E-state index in [2.05, 4.69) is 9.80 Å². The molecule has 0 aromatic rings. The van der Waals surface area contributed by atoms with Gasteiger partial charge in [0, 0.05) is 44.3 Å². The predicted octanol–water partition coefficient (Wildman–Crippen LogP) is 1.97. The molecule has 1 aliphatic carbocycles. The van der Waals surface area contributed by atoms with Crippen LogP contribution in [0.25, 0.3) is 0 Å². The van der Waals surface area contributed by atoms with Gasteiger partial charge in [0.15, 0.2) is 0 Å². The van der Waals surface area contributed by atoms with Gasteiger partial charge in [0.2, 0.25) is 0 Å². The Morgan fingerprint density at radius 1 is 1.21 bits per heavy atom. The number of hydrogen-bond acceptors (Lipinski definition) is 3. The summed E-state index contributed by atoms with van der Waals surface area (Å²) < 4.78 is 0. The van der Waals surface area contributed by atoms with Gasteiger partial charge in [-0.1, -0.05) is 25.8 Å². The minimum Gasteiger partial charge on any atom is -0.478 e. The molecule has 19 heavy (non-hydrogen) atoms. The van der Waals surface area contributed by atoms with Crippen LogP contribution in [0.5, 0.6) is 0 Å². The summed E-state index contributed by atoms with van der Waals surface area (Å²) in [5.74, 6) is -0.771. The Labute approximate surface area is 116 Å². The second kappa shape index (κ2) is 7.06. The fourth-order valence-corrected chi connectivity index (χ4v) is 3.20. The first-order chi connectivity index (χ1) is 9.20. The quantitative estimate of drug-likeness (QED) is 0.773. The van der Waals surface area contributed by atoms with E-state index in [0.717, 1.165) is 38.8 Å². The molecule has 108 valence electrons. The van der Waals surface area contributed by atoms with E-state index in [1.54, 1.807) is 0 Å². The maximum Gasteiger partial charge on any atom is 0.331 e. The van der Waals surface area contributed by atoms with Gasteiger partial charge < -0.3 is 5.11 Å². The minimum atomic E-state index is -0.771. The van der Waals surface area contributed by atoms with E-state index in [1.165, 1.54) is 25.7 Å². The van der Waals surface area contributed by atoms with Crippen LogP contribution in [0.2, 0.25) is 0 Å². The average molecular weight is 266 g/mol. The highest BCUT2D eigenvalue weighted by atomic mass is 16.4. The van der Waals surface area contributed by atoms with Gasteiger partial charge in [-0.2, -0.15) is 0 Å². The van der Waals surface area contributed by atoms with Crippen LogP contribution in [0, 0.1) is 0 Å². The van der Waals surface area contributed by atoms with Crippen molar-refractivity contribution in [1.82, 2.24) is 9.80 Å². The first kappa shape index (κ1) is 14.5. The highest BCUT2D eigenvalue weighted by Crippen LogP contribution is 2.24. The molecule has 0 aromatic carbocycles. The van der Waals surface area contributed by atoms with Gasteiger partial charge in [-0.05, 0) is 19.3 Å². The molecule has 0 bridgehead atoms. The van der Waals surface area contributed by atoms with Crippen molar-refractivity contribution in [2.45, 2.75) is 45.1 Å². The summed E-state index contributed by atoms with van der Waals surface area (Å²) in [6, 6.07) is 0.822.